The molecule has 0 aromatic rings. The van der Waals surface area contributed by atoms with Crippen molar-refractivity contribution >= 4 is 34.3 Å². The van der Waals surface area contributed by atoms with Gasteiger partial charge in [-0.05, 0) is 12.8 Å². The molecule has 2 atom stereocenters. The van der Waals surface area contributed by atoms with Crippen LogP contribution in [0.5, 0.6) is 0 Å². The molecule has 1 saturated carbocycles. The summed E-state index contributed by atoms with van der Waals surface area (Å²) >= 11 is 2.21. The highest BCUT2D eigenvalue weighted by Crippen LogP contribution is 2.42. The molecule has 0 aromatic heterocycles. The highest BCUT2D eigenvalue weighted by Gasteiger charge is 2.53. The van der Waals surface area contributed by atoms with Gasteiger partial charge in [0.2, 0.25) is 0 Å². The molecule has 1 aliphatic heterocycles. The van der Waals surface area contributed by atoms with Crippen molar-refractivity contribution in [3.05, 3.63) is 0 Å². The van der Waals surface area contributed by atoms with Gasteiger partial charge >= 0.3 is 5.97 Å². The molecular weight excluding hydrogens is 319 g/mol. The minimum Gasteiger partial charge on any atom is -0.461 e. The van der Waals surface area contributed by atoms with Gasteiger partial charge in [-0.15, -0.1) is 0 Å². The number of hydrogen-bond acceptors (Lipinski definition) is 3. The molecule has 1 aliphatic carbocycles. The minimum absolute atomic E-state index is 0.0449. The Kier molecular flexibility index (Phi) is 3.87. The van der Waals surface area contributed by atoms with E-state index < -0.39 is 5.41 Å². The fraction of sp³-hybridized carbons (Fsp3) is 0.833. The second kappa shape index (κ2) is 5.02. The fourth-order valence-electron chi connectivity index (χ4n) is 2.74. The molecular formula is C12H17IO3. The first-order valence-corrected chi connectivity index (χ1v) is 7.52. The molecule has 0 N–H and O–H groups in total. The zero-order valence-electron chi connectivity index (χ0n) is 9.34. The van der Waals surface area contributed by atoms with Gasteiger partial charge in [-0.2, -0.15) is 0 Å². The Morgan fingerprint density at radius 1 is 1.25 bits per heavy atom. The third-order valence-electron chi connectivity index (χ3n) is 3.70. The van der Waals surface area contributed by atoms with E-state index in [9.17, 15) is 9.59 Å². The number of Topliss-reactive ketones (excluding diaryl/α,β-unsaturated/α-hetero) is 1. The number of cyclic esters (lactones) is 1. The molecule has 2 rings (SSSR count). The first-order chi connectivity index (χ1) is 7.69. The van der Waals surface area contributed by atoms with Crippen LogP contribution in [0, 0.1) is 5.41 Å². The van der Waals surface area contributed by atoms with Crippen molar-refractivity contribution in [1.29, 1.82) is 0 Å². The number of carbonyl (C=O) groups is 2. The van der Waals surface area contributed by atoms with Crippen LogP contribution in [-0.4, -0.2) is 22.3 Å². The third kappa shape index (κ3) is 2.13. The lowest BCUT2D eigenvalue weighted by atomic mass is 9.73. The number of carbonyl (C=O) groups excluding carboxylic acids is 2. The standard InChI is InChI=1S/C12H17IO3/c13-8-9-7-12(11(15)16-9)6-4-2-1-3-5-10(12)14/h9H,1-8H2/t9-,12-/m1/s1. The summed E-state index contributed by atoms with van der Waals surface area (Å²) in [5, 5.41) is 0. The largest absolute Gasteiger partial charge is 0.461 e. The molecule has 90 valence electrons. The van der Waals surface area contributed by atoms with Crippen molar-refractivity contribution < 1.29 is 14.3 Å². The maximum absolute atomic E-state index is 12.2. The van der Waals surface area contributed by atoms with Crippen molar-refractivity contribution in [3.63, 3.8) is 0 Å². The number of rotatable bonds is 1. The van der Waals surface area contributed by atoms with E-state index in [4.69, 9.17) is 4.74 Å². The lowest BCUT2D eigenvalue weighted by Gasteiger charge is -2.25. The molecule has 2 fully saturated rings. The Hall–Kier alpha value is -0.130. The van der Waals surface area contributed by atoms with Gasteiger partial charge in [0.15, 0.2) is 0 Å². The van der Waals surface area contributed by atoms with E-state index in [1.165, 1.54) is 0 Å². The lowest BCUT2D eigenvalue weighted by molar-refractivity contribution is -0.153. The van der Waals surface area contributed by atoms with Crippen LogP contribution in [0.3, 0.4) is 0 Å². The molecule has 1 saturated heterocycles. The monoisotopic (exact) mass is 336 g/mol. The zero-order valence-corrected chi connectivity index (χ0v) is 11.5. The average Bonchev–Trinajstić information content (AvgIpc) is 2.59. The third-order valence-corrected chi connectivity index (χ3v) is 4.69. The van der Waals surface area contributed by atoms with Gasteiger partial charge in [0.05, 0.1) is 0 Å². The van der Waals surface area contributed by atoms with Gasteiger partial charge < -0.3 is 4.74 Å². The van der Waals surface area contributed by atoms with Crippen LogP contribution in [0.25, 0.3) is 0 Å². The summed E-state index contributed by atoms with van der Waals surface area (Å²) < 4.78 is 6.09. The summed E-state index contributed by atoms with van der Waals surface area (Å²) in [4.78, 5) is 24.1. The van der Waals surface area contributed by atoms with E-state index in [0.717, 1.165) is 30.1 Å². The second-order valence-corrected chi connectivity index (χ2v) is 5.69. The van der Waals surface area contributed by atoms with Crippen molar-refractivity contribution in [2.75, 3.05) is 4.43 Å². The summed E-state index contributed by atoms with van der Waals surface area (Å²) in [5.74, 6) is -0.120. The molecule has 0 unspecified atom stereocenters. The molecule has 16 heavy (non-hydrogen) atoms. The van der Waals surface area contributed by atoms with E-state index in [-0.39, 0.29) is 17.9 Å². The highest BCUT2D eigenvalue weighted by atomic mass is 127. The van der Waals surface area contributed by atoms with Crippen molar-refractivity contribution in [2.45, 2.75) is 51.0 Å². The zero-order chi connectivity index (χ0) is 11.6. The van der Waals surface area contributed by atoms with Gasteiger partial charge in [-0.3, -0.25) is 9.59 Å². The normalized spacial score (nSPS) is 35.9. The SMILES string of the molecule is O=C1CCCCCC[C@@]12C[C@H](CI)OC2=O. The van der Waals surface area contributed by atoms with Gasteiger partial charge in [-0.25, -0.2) is 0 Å². The number of ketones is 1. The highest BCUT2D eigenvalue weighted by molar-refractivity contribution is 14.1. The smallest absolute Gasteiger partial charge is 0.320 e. The van der Waals surface area contributed by atoms with Crippen LogP contribution in [0.15, 0.2) is 0 Å². The second-order valence-electron chi connectivity index (χ2n) is 4.81. The van der Waals surface area contributed by atoms with E-state index in [0.29, 0.717) is 19.3 Å². The number of esters is 1. The predicted molar refractivity (Wildman–Crippen MR) is 68.5 cm³/mol. The Bertz CT molecular complexity index is 303. The summed E-state index contributed by atoms with van der Waals surface area (Å²) in [6.07, 6.45) is 6.01. The van der Waals surface area contributed by atoms with Crippen LogP contribution in [0.4, 0.5) is 0 Å². The van der Waals surface area contributed by atoms with Crippen molar-refractivity contribution in [3.8, 4) is 0 Å². The fourth-order valence-corrected chi connectivity index (χ4v) is 3.23. The molecule has 0 radical (unpaired) electrons. The lowest BCUT2D eigenvalue weighted by Crippen LogP contribution is -2.36. The van der Waals surface area contributed by atoms with Crippen LogP contribution >= 0.6 is 22.6 Å². The number of ether oxygens (including phenoxy) is 1. The maximum atomic E-state index is 12.2. The summed E-state index contributed by atoms with van der Waals surface area (Å²) in [6.45, 7) is 0. The summed E-state index contributed by atoms with van der Waals surface area (Å²) in [5.41, 5.74) is -0.768. The minimum atomic E-state index is -0.768. The molecule has 0 aromatic carbocycles. The molecule has 2 aliphatic rings. The predicted octanol–water partition coefficient (Wildman–Crippen LogP) is 2.65. The Balaban J connectivity index is 2.19. The van der Waals surface area contributed by atoms with Crippen LogP contribution in [-0.2, 0) is 14.3 Å². The Morgan fingerprint density at radius 2 is 2.00 bits per heavy atom. The van der Waals surface area contributed by atoms with Gasteiger partial charge in [-0.1, -0.05) is 41.9 Å². The van der Waals surface area contributed by atoms with E-state index in [1.807, 2.05) is 0 Å². The number of hydrogen-bond donors (Lipinski definition) is 0. The first kappa shape index (κ1) is 12.3. The number of halogens is 1. The van der Waals surface area contributed by atoms with Crippen LogP contribution in [0.2, 0.25) is 0 Å². The maximum Gasteiger partial charge on any atom is 0.320 e. The summed E-state index contributed by atoms with van der Waals surface area (Å²) in [7, 11) is 0. The Labute approximate surface area is 109 Å². The molecule has 1 heterocycles. The molecule has 4 heteroatoms. The Morgan fingerprint density at radius 3 is 2.69 bits per heavy atom. The molecule has 1 spiro atoms. The van der Waals surface area contributed by atoms with Crippen LogP contribution < -0.4 is 0 Å². The van der Waals surface area contributed by atoms with E-state index >= 15 is 0 Å². The first-order valence-electron chi connectivity index (χ1n) is 5.99. The molecule has 3 nitrogen and oxygen atoms in total. The van der Waals surface area contributed by atoms with Crippen molar-refractivity contribution in [2.24, 2.45) is 5.41 Å². The van der Waals surface area contributed by atoms with E-state index in [1.54, 1.807) is 0 Å². The van der Waals surface area contributed by atoms with Crippen LogP contribution in [0.1, 0.15) is 44.9 Å². The van der Waals surface area contributed by atoms with Gasteiger partial charge in [0.25, 0.3) is 0 Å². The quantitative estimate of drug-likeness (QED) is 0.320. The average molecular weight is 336 g/mol. The van der Waals surface area contributed by atoms with Gasteiger partial charge in [0.1, 0.15) is 17.3 Å². The van der Waals surface area contributed by atoms with E-state index in [2.05, 4.69) is 22.6 Å². The number of alkyl halides is 1. The topological polar surface area (TPSA) is 43.4 Å². The molecule has 0 bridgehead atoms. The molecule has 0 amide bonds. The van der Waals surface area contributed by atoms with Crippen molar-refractivity contribution in [1.82, 2.24) is 0 Å². The summed E-state index contributed by atoms with van der Waals surface area (Å²) in [6, 6.07) is 0. The van der Waals surface area contributed by atoms with Gasteiger partial charge in [0, 0.05) is 17.3 Å².